The minimum Gasteiger partial charge on any atom is -0.300 e. The van der Waals surface area contributed by atoms with E-state index in [1.807, 2.05) is 0 Å². The van der Waals surface area contributed by atoms with Crippen LogP contribution in [0.15, 0.2) is 0 Å². The summed E-state index contributed by atoms with van der Waals surface area (Å²) < 4.78 is 0. The van der Waals surface area contributed by atoms with Crippen molar-refractivity contribution in [1.82, 2.24) is 0 Å². The maximum atomic E-state index is 12.3. The molecule has 0 bridgehead atoms. The van der Waals surface area contributed by atoms with Crippen LogP contribution < -0.4 is 0 Å². The molecule has 0 N–H and O–H groups in total. The number of carbonyl (C=O) groups is 2. The van der Waals surface area contributed by atoms with E-state index >= 15 is 0 Å². The van der Waals surface area contributed by atoms with Crippen molar-refractivity contribution in [2.24, 2.45) is 35.0 Å². The van der Waals surface area contributed by atoms with Crippen LogP contribution >= 0.6 is 0 Å². The first-order chi connectivity index (χ1) is 9.56. The van der Waals surface area contributed by atoms with Crippen LogP contribution in [0.1, 0.15) is 64.7 Å². The van der Waals surface area contributed by atoms with E-state index in [9.17, 15) is 9.59 Å². The standard InChI is InChI=1S/C18H26O2/c1-18-10-14-6-11-2-4-16(19)9-13(11)7-12(14)8-15(18)3-5-17(18)20/h11-15H,2-10H2,1H3/t11-,12-,13+,14-,15+,18+/m1/s1. The molecule has 110 valence electrons. The molecular formula is C18H26O2. The van der Waals surface area contributed by atoms with Gasteiger partial charge in [-0.05, 0) is 68.1 Å². The summed E-state index contributed by atoms with van der Waals surface area (Å²) >= 11 is 0. The Morgan fingerprint density at radius 2 is 1.70 bits per heavy atom. The largest absolute Gasteiger partial charge is 0.300 e. The Labute approximate surface area is 121 Å². The van der Waals surface area contributed by atoms with E-state index in [-0.39, 0.29) is 5.41 Å². The van der Waals surface area contributed by atoms with Gasteiger partial charge in [-0.3, -0.25) is 9.59 Å². The Morgan fingerprint density at radius 1 is 0.900 bits per heavy atom. The highest BCUT2D eigenvalue weighted by atomic mass is 16.1. The highest BCUT2D eigenvalue weighted by Crippen LogP contribution is 2.59. The molecule has 4 saturated carbocycles. The smallest absolute Gasteiger partial charge is 0.139 e. The van der Waals surface area contributed by atoms with Crippen molar-refractivity contribution in [3.8, 4) is 0 Å². The first-order valence-corrected chi connectivity index (χ1v) is 8.61. The van der Waals surface area contributed by atoms with Gasteiger partial charge in [-0.2, -0.15) is 0 Å². The topological polar surface area (TPSA) is 34.1 Å². The van der Waals surface area contributed by atoms with Crippen LogP contribution in [0.3, 0.4) is 0 Å². The lowest BCUT2D eigenvalue weighted by Gasteiger charge is -2.51. The lowest BCUT2D eigenvalue weighted by atomic mass is 9.53. The molecule has 0 saturated heterocycles. The Balaban J connectivity index is 1.54. The van der Waals surface area contributed by atoms with Gasteiger partial charge in [-0.1, -0.05) is 6.92 Å². The summed E-state index contributed by atoms with van der Waals surface area (Å²) in [7, 11) is 0. The molecule has 0 aliphatic heterocycles. The van der Waals surface area contributed by atoms with Crippen LogP contribution in [0.25, 0.3) is 0 Å². The molecule has 0 spiro atoms. The van der Waals surface area contributed by atoms with Crippen molar-refractivity contribution in [2.45, 2.75) is 64.7 Å². The molecule has 0 aromatic rings. The van der Waals surface area contributed by atoms with Crippen molar-refractivity contribution in [2.75, 3.05) is 0 Å². The molecule has 0 radical (unpaired) electrons. The van der Waals surface area contributed by atoms with E-state index < -0.39 is 0 Å². The van der Waals surface area contributed by atoms with Crippen LogP contribution in [0.2, 0.25) is 0 Å². The normalized spacial score (nSPS) is 51.4. The summed E-state index contributed by atoms with van der Waals surface area (Å²) in [6.07, 6.45) is 9.76. The maximum absolute atomic E-state index is 12.3. The lowest BCUT2D eigenvalue weighted by Crippen LogP contribution is -2.45. The molecule has 2 nitrogen and oxygen atoms in total. The predicted octanol–water partition coefficient (Wildman–Crippen LogP) is 3.78. The van der Waals surface area contributed by atoms with Gasteiger partial charge >= 0.3 is 0 Å². The minimum atomic E-state index is 0.0124. The fourth-order valence-corrected chi connectivity index (χ4v) is 6.14. The van der Waals surface area contributed by atoms with Crippen LogP contribution in [0.4, 0.5) is 0 Å². The Kier molecular flexibility index (Phi) is 2.88. The summed E-state index contributed by atoms with van der Waals surface area (Å²) in [5, 5.41) is 0. The third-order valence-electron chi connectivity index (χ3n) is 7.36. The molecule has 0 heterocycles. The zero-order chi connectivity index (χ0) is 13.9. The second-order valence-corrected chi connectivity index (χ2v) is 8.31. The molecule has 4 fully saturated rings. The van der Waals surface area contributed by atoms with Crippen LogP contribution in [-0.4, -0.2) is 11.6 Å². The molecule has 2 heteroatoms. The number of Topliss-reactive ketones (excluding diaryl/α,β-unsaturated/α-hetero) is 2. The van der Waals surface area contributed by atoms with Gasteiger partial charge in [0.25, 0.3) is 0 Å². The molecule has 0 amide bonds. The average Bonchev–Trinajstić information content (AvgIpc) is 2.70. The molecule has 4 rings (SSSR count). The zero-order valence-corrected chi connectivity index (χ0v) is 12.6. The molecule has 20 heavy (non-hydrogen) atoms. The Hall–Kier alpha value is -0.660. The molecular weight excluding hydrogens is 248 g/mol. The van der Waals surface area contributed by atoms with Crippen molar-refractivity contribution in [1.29, 1.82) is 0 Å². The molecule has 6 atom stereocenters. The third-order valence-corrected chi connectivity index (χ3v) is 7.36. The maximum Gasteiger partial charge on any atom is 0.139 e. The van der Waals surface area contributed by atoms with E-state index in [1.165, 1.54) is 19.3 Å². The number of ketones is 2. The van der Waals surface area contributed by atoms with Crippen molar-refractivity contribution in [3.05, 3.63) is 0 Å². The number of fused-ring (bicyclic) bond motifs is 3. The SMILES string of the molecule is C[C@]12C[C@H]3C[C@H]4CCC(=O)C[C@@H]4C[C@@H]3C[C@@H]1CCC2=O. The van der Waals surface area contributed by atoms with Crippen molar-refractivity contribution >= 4 is 11.6 Å². The van der Waals surface area contributed by atoms with Crippen LogP contribution in [0.5, 0.6) is 0 Å². The van der Waals surface area contributed by atoms with E-state index in [0.29, 0.717) is 23.4 Å². The van der Waals surface area contributed by atoms with Crippen molar-refractivity contribution < 1.29 is 9.59 Å². The van der Waals surface area contributed by atoms with Crippen LogP contribution in [0, 0.1) is 35.0 Å². The van der Waals surface area contributed by atoms with Gasteiger partial charge in [-0.25, -0.2) is 0 Å². The number of hydrogen-bond donors (Lipinski definition) is 0. The monoisotopic (exact) mass is 274 g/mol. The van der Waals surface area contributed by atoms with E-state index in [2.05, 4.69) is 6.92 Å². The Morgan fingerprint density at radius 3 is 2.55 bits per heavy atom. The lowest BCUT2D eigenvalue weighted by molar-refractivity contribution is -0.132. The van der Waals surface area contributed by atoms with E-state index in [4.69, 9.17) is 0 Å². The third kappa shape index (κ3) is 1.83. The second kappa shape index (κ2) is 4.42. The summed E-state index contributed by atoms with van der Waals surface area (Å²) in [4.78, 5) is 24.0. The van der Waals surface area contributed by atoms with Gasteiger partial charge in [0.05, 0.1) is 0 Å². The van der Waals surface area contributed by atoms with Crippen molar-refractivity contribution in [3.63, 3.8) is 0 Å². The predicted molar refractivity (Wildman–Crippen MR) is 77.1 cm³/mol. The van der Waals surface area contributed by atoms with Gasteiger partial charge < -0.3 is 0 Å². The molecule has 4 aliphatic rings. The summed E-state index contributed by atoms with van der Waals surface area (Å²) in [5.41, 5.74) is 0.0124. The molecule has 0 aromatic heterocycles. The summed E-state index contributed by atoms with van der Waals surface area (Å²) in [6.45, 7) is 2.25. The molecule has 4 aliphatic carbocycles. The summed E-state index contributed by atoms with van der Waals surface area (Å²) in [5.74, 6) is 4.74. The molecule has 0 aromatic carbocycles. The van der Waals surface area contributed by atoms with Gasteiger partial charge in [-0.15, -0.1) is 0 Å². The fraction of sp³-hybridized carbons (Fsp3) is 0.889. The van der Waals surface area contributed by atoms with Gasteiger partial charge in [0.15, 0.2) is 0 Å². The van der Waals surface area contributed by atoms with Gasteiger partial charge in [0.1, 0.15) is 11.6 Å². The fourth-order valence-electron chi connectivity index (χ4n) is 6.14. The number of carbonyl (C=O) groups excluding carboxylic acids is 2. The first kappa shape index (κ1) is 13.0. The zero-order valence-electron chi connectivity index (χ0n) is 12.6. The quantitative estimate of drug-likeness (QED) is 0.673. The number of rotatable bonds is 0. The number of hydrogen-bond acceptors (Lipinski definition) is 2. The second-order valence-electron chi connectivity index (χ2n) is 8.31. The van der Waals surface area contributed by atoms with Crippen LogP contribution in [-0.2, 0) is 9.59 Å². The first-order valence-electron chi connectivity index (χ1n) is 8.61. The highest BCUT2D eigenvalue weighted by Gasteiger charge is 2.54. The van der Waals surface area contributed by atoms with E-state index in [0.717, 1.165) is 56.3 Å². The van der Waals surface area contributed by atoms with Gasteiger partial charge in [0, 0.05) is 24.7 Å². The van der Waals surface area contributed by atoms with Gasteiger partial charge in [0.2, 0.25) is 0 Å². The molecule has 0 unspecified atom stereocenters. The summed E-state index contributed by atoms with van der Waals surface area (Å²) in [6, 6.07) is 0. The average molecular weight is 274 g/mol. The highest BCUT2D eigenvalue weighted by molar-refractivity contribution is 5.87. The van der Waals surface area contributed by atoms with E-state index in [1.54, 1.807) is 0 Å². The Bertz CT molecular complexity index is 454. The minimum absolute atomic E-state index is 0.0124.